The maximum absolute atomic E-state index is 12.7. The smallest absolute Gasteiger partial charge is 0.312 e. The fourth-order valence-electron chi connectivity index (χ4n) is 5.14. The Balaban J connectivity index is 1.64. The molecule has 3 aliphatic rings. The molecule has 0 aliphatic heterocycles. The van der Waals surface area contributed by atoms with E-state index < -0.39 is 5.41 Å². The Morgan fingerprint density at radius 3 is 2.64 bits per heavy atom. The quantitative estimate of drug-likeness (QED) is 0.800. The molecule has 1 aromatic rings. The first-order chi connectivity index (χ1) is 10.6. The number of methoxy groups -OCH3 is 2. The molecule has 4 heteroatoms. The van der Waals surface area contributed by atoms with Crippen LogP contribution in [0.3, 0.4) is 0 Å². The van der Waals surface area contributed by atoms with Gasteiger partial charge in [-0.2, -0.15) is 0 Å². The molecular formula is C18H20O4. The summed E-state index contributed by atoms with van der Waals surface area (Å²) in [6.07, 6.45) is 2.42. The van der Waals surface area contributed by atoms with Gasteiger partial charge in [-0.3, -0.25) is 9.59 Å². The Hall–Kier alpha value is -1.84. The van der Waals surface area contributed by atoms with E-state index in [0.29, 0.717) is 12.3 Å². The topological polar surface area (TPSA) is 52.6 Å². The van der Waals surface area contributed by atoms with Gasteiger partial charge in [-0.1, -0.05) is 12.1 Å². The first-order valence-corrected chi connectivity index (χ1v) is 7.88. The van der Waals surface area contributed by atoms with Crippen LogP contribution in [0, 0.1) is 29.1 Å². The van der Waals surface area contributed by atoms with Crippen molar-refractivity contribution in [2.45, 2.75) is 19.3 Å². The minimum Gasteiger partial charge on any atom is -0.497 e. The first kappa shape index (κ1) is 13.8. The molecule has 1 unspecified atom stereocenters. The Labute approximate surface area is 129 Å². The molecule has 0 spiro atoms. The average Bonchev–Trinajstić information content (AvgIpc) is 3.11. The molecule has 4 rings (SSSR count). The highest BCUT2D eigenvalue weighted by Gasteiger charge is 2.79. The predicted octanol–water partition coefficient (Wildman–Crippen LogP) is 2.25. The lowest BCUT2D eigenvalue weighted by Crippen LogP contribution is -2.40. The van der Waals surface area contributed by atoms with E-state index >= 15 is 0 Å². The fraction of sp³-hybridized carbons (Fsp3) is 0.556. The summed E-state index contributed by atoms with van der Waals surface area (Å²) in [7, 11) is 3.07. The second-order valence-electron chi connectivity index (χ2n) is 6.79. The monoisotopic (exact) mass is 300 g/mol. The summed E-state index contributed by atoms with van der Waals surface area (Å²) >= 11 is 0. The van der Waals surface area contributed by atoms with Gasteiger partial charge in [-0.25, -0.2) is 0 Å². The summed E-state index contributed by atoms with van der Waals surface area (Å²) in [6, 6.07) is 7.76. The summed E-state index contributed by atoms with van der Waals surface area (Å²) < 4.78 is 10.3. The van der Waals surface area contributed by atoms with Gasteiger partial charge < -0.3 is 9.47 Å². The van der Waals surface area contributed by atoms with Crippen LogP contribution in [0.4, 0.5) is 0 Å². The molecule has 3 aliphatic carbocycles. The van der Waals surface area contributed by atoms with E-state index in [0.717, 1.165) is 24.2 Å². The van der Waals surface area contributed by atoms with Gasteiger partial charge in [0.2, 0.25) is 0 Å². The highest BCUT2D eigenvalue weighted by Crippen LogP contribution is 2.75. The van der Waals surface area contributed by atoms with Crippen molar-refractivity contribution in [3.05, 3.63) is 29.8 Å². The molecular weight excluding hydrogens is 280 g/mol. The van der Waals surface area contributed by atoms with Gasteiger partial charge in [-0.05, 0) is 48.8 Å². The normalized spacial score (nSPS) is 37.8. The predicted molar refractivity (Wildman–Crippen MR) is 79.3 cm³/mol. The van der Waals surface area contributed by atoms with E-state index in [1.807, 2.05) is 24.3 Å². The van der Waals surface area contributed by atoms with E-state index in [-0.39, 0.29) is 29.5 Å². The lowest BCUT2D eigenvalue weighted by molar-refractivity contribution is -0.157. The SMILES string of the molecule is COC(=O)[C@@]12CC[C@H]3[C@@H](C(=O)C1Cc1ccc(OC)cc1)[C@H]32. The molecule has 0 bridgehead atoms. The van der Waals surface area contributed by atoms with Crippen molar-refractivity contribution in [3.8, 4) is 5.75 Å². The summed E-state index contributed by atoms with van der Waals surface area (Å²) in [5.74, 6) is 1.50. The number of hydrogen-bond donors (Lipinski definition) is 0. The average molecular weight is 300 g/mol. The number of hydrogen-bond acceptors (Lipinski definition) is 4. The molecule has 22 heavy (non-hydrogen) atoms. The standard InChI is InChI=1S/C18H20O4/c1-21-11-5-3-10(4-6-11)9-13-16(19)14-12-7-8-18(13,15(12)14)17(20)22-2/h3-6,12-15H,7-9H2,1-2H3/t12-,13?,14+,15-,18-/m0/s1. The molecule has 0 aromatic heterocycles. The molecule has 4 nitrogen and oxygen atoms in total. The van der Waals surface area contributed by atoms with E-state index in [1.165, 1.54) is 7.11 Å². The molecule has 3 fully saturated rings. The van der Waals surface area contributed by atoms with Crippen molar-refractivity contribution in [2.24, 2.45) is 29.1 Å². The number of carbonyl (C=O) groups is 2. The summed E-state index contributed by atoms with van der Waals surface area (Å²) in [4.78, 5) is 25.2. The number of Topliss-reactive ketones (excluding diaryl/α,β-unsaturated/α-hetero) is 1. The van der Waals surface area contributed by atoms with Gasteiger partial charge in [0.05, 0.1) is 19.6 Å². The van der Waals surface area contributed by atoms with Crippen molar-refractivity contribution in [3.63, 3.8) is 0 Å². The minimum atomic E-state index is -0.554. The van der Waals surface area contributed by atoms with Crippen LogP contribution in [0.25, 0.3) is 0 Å². The van der Waals surface area contributed by atoms with E-state index in [1.54, 1.807) is 7.11 Å². The largest absolute Gasteiger partial charge is 0.497 e. The molecule has 5 atom stereocenters. The van der Waals surface area contributed by atoms with Crippen LogP contribution in [0.15, 0.2) is 24.3 Å². The maximum Gasteiger partial charge on any atom is 0.312 e. The van der Waals surface area contributed by atoms with Crippen LogP contribution < -0.4 is 4.74 Å². The van der Waals surface area contributed by atoms with Crippen molar-refractivity contribution in [2.75, 3.05) is 14.2 Å². The van der Waals surface area contributed by atoms with Crippen LogP contribution in [0.1, 0.15) is 18.4 Å². The number of ether oxygens (including phenoxy) is 2. The molecule has 0 heterocycles. The number of benzene rings is 1. The van der Waals surface area contributed by atoms with Crippen molar-refractivity contribution < 1.29 is 19.1 Å². The summed E-state index contributed by atoms with van der Waals surface area (Å²) in [5.41, 5.74) is 0.522. The highest BCUT2D eigenvalue weighted by molar-refractivity contribution is 5.99. The zero-order chi connectivity index (χ0) is 15.5. The van der Waals surface area contributed by atoms with Gasteiger partial charge in [-0.15, -0.1) is 0 Å². The third-order valence-electron chi connectivity index (χ3n) is 6.11. The van der Waals surface area contributed by atoms with Crippen LogP contribution in [0.5, 0.6) is 5.75 Å². The Bertz CT molecular complexity index is 635. The number of fused-ring (bicyclic) bond motifs is 1. The second kappa shape index (κ2) is 4.58. The molecule has 0 radical (unpaired) electrons. The Kier molecular flexibility index (Phi) is 2.87. The van der Waals surface area contributed by atoms with Crippen molar-refractivity contribution in [1.82, 2.24) is 0 Å². The number of esters is 1. The third-order valence-corrected chi connectivity index (χ3v) is 6.11. The molecule has 0 saturated heterocycles. The number of carbonyl (C=O) groups excluding carboxylic acids is 2. The summed E-state index contributed by atoms with van der Waals surface area (Å²) in [6.45, 7) is 0. The third kappa shape index (κ3) is 1.58. The van der Waals surface area contributed by atoms with Gasteiger partial charge in [0.25, 0.3) is 0 Å². The van der Waals surface area contributed by atoms with Crippen LogP contribution in [-0.2, 0) is 20.7 Å². The minimum absolute atomic E-state index is 0.121. The Morgan fingerprint density at radius 2 is 2.00 bits per heavy atom. The zero-order valence-corrected chi connectivity index (χ0v) is 12.9. The molecule has 0 amide bonds. The maximum atomic E-state index is 12.7. The van der Waals surface area contributed by atoms with Crippen LogP contribution in [-0.4, -0.2) is 26.0 Å². The fourth-order valence-corrected chi connectivity index (χ4v) is 5.14. The van der Waals surface area contributed by atoms with Gasteiger partial charge >= 0.3 is 5.97 Å². The van der Waals surface area contributed by atoms with Gasteiger partial charge in [0.15, 0.2) is 0 Å². The number of ketones is 1. The lowest BCUT2D eigenvalue weighted by atomic mass is 9.72. The number of rotatable bonds is 4. The van der Waals surface area contributed by atoms with Crippen molar-refractivity contribution in [1.29, 1.82) is 0 Å². The summed E-state index contributed by atoms with van der Waals surface area (Å²) in [5, 5.41) is 0. The lowest BCUT2D eigenvalue weighted by Gasteiger charge is -2.31. The molecule has 116 valence electrons. The first-order valence-electron chi connectivity index (χ1n) is 7.88. The second-order valence-corrected chi connectivity index (χ2v) is 6.79. The van der Waals surface area contributed by atoms with Crippen LogP contribution >= 0.6 is 0 Å². The Morgan fingerprint density at radius 1 is 1.27 bits per heavy atom. The van der Waals surface area contributed by atoms with Crippen LogP contribution in [0.2, 0.25) is 0 Å². The van der Waals surface area contributed by atoms with Gasteiger partial charge in [0.1, 0.15) is 11.5 Å². The van der Waals surface area contributed by atoms with Gasteiger partial charge in [0, 0.05) is 11.8 Å². The molecule has 0 N–H and O–H groups in total. The van der Waals surface area contributed by atoms with E-state index in [2.05, 4.69) is 0 Å². The molecule has 3 saturated carbocycles. The highest BCUT2D eigenvalue weighted by atomic mass is 16.5. The van der Waals surface area contributed by atoms with E-state index in [4.69, 9.17) is 9.47 Å². The van der Waals surface area contributed by atoms with Crippen molar-refractivity contribution >= 4 is 11.8 Å². The van der Waals surface area contributed by atoms with E-state index in [9.17, 15) is 9.59 Å². The molecule has 1 aromatic carbocycles. The zero-order valence-electron chi connectivity index (χ0n) is 12.9.